The van der Waals surface area contributed by atoms with Gasteiger partial charge < -0.3 is 15.0 Å². The summed E-state index contributed by atoms with van der Waals surface area (Å²) in [7, 11) is -0.841. The zero-order valence-electron chi connectivity index (χ0n) is 18.4. The van der Waals surface area contributed by atoms with Gasteiger partial charge in [0, 0.05) is 32.4 Å². The maximum atomic E-state index is 12.7. The predicted octanol–water partition coefficient (Wildman–Crippen LogP) is 2.87. The van der Waals surface area contributed by atoms with E-state index in [1.54, 1.807) is 12.1 Å². The average molecular weight is 446 g/mol. The number of carbonyl (C=O) groups excluding carboxylic acids is 1. The van der Waals surface area contributed by atoms with Crippen LogP contribution in [0.25, 0.3) is 0 Å². The second-order valence-electron chi connectivity index (χ2n) is 8.07. The van der Waals surface area contributed by atoms with Crippen LogP contribution in [0.5, 0.6) is 5.75 Å². The number of rotatable bonds is 8. The Morgan fingerprint density at radius 1 is 1.16 bits per heavy atom. The smallest absolute Gasteiger partial charge is 0.243 e. The number of anilines is 1. The molecule has 2 aromatic rings. The van der Waals surface area contributed by atoms with Crippen molar-refractivity contribution in [3.8, 4) is 5.75 Å². The van der Waals surface area contributed by atoms with Crippen molar-refractivity contribution in [3.05, 3.63) is 54.1 Å². The van der Waals surface area contributed by atoms with Crippen LogP contribution < -0.4 is 15.0 Å². The molecule has 1 atom stereocenters. The molecule has 3 rings (SSSR count). The quantitative estimate of drug-likeness (QED) is 0.676. The van der Waals surface area contributed by atoms with Crippen LogP contribution in [0.2, 0.25) is 0 Å². The van der Waals surface area contributed by atoms with Gasteiger partial charge in [0.05, 0.1) is 18.6 Å². The minimum atomic E-state index is -3.75. The van der Waals surface area contributed by atoms with Crippen LogP contribution in [0.1, 0.15) is 25.3 Å². The molecule has 1 saturated heterocycles. The fourth-order valence-corrected chi connectivity index (χ4v) is 4.85. The topological polar surface area (TPSA) is 79.0 Å². The molecular weight excluding hydrogens is 414 g/mol. The number of ether oxygens (including phenoxy) is 1. The number of likely N-dealkylation sites (N-methyl/N-ethyl adjacent to an activating group) is 1. The number of methoxy groups -OCH3 is 1. The highest BCUT2D eigenvalue weighted by molar-refractivity contribution is 7.89. The fraction of sp³-hybridized carbons (Fsp3) is 0.435. The number of nitrogens with zero attached hydrogens (tertiary/aromatic N) is 2. The van der Waals surface area contributed by atoms with E-state index in [1.807, 2.05) is 12.1 Å². The molecule has 168 valence electrons. The predicted molar refractivity (Wildman–Crippen MR) is 122 cm³/mol. The normalized spacial score (nSPS) is 16.9. The SMILES string of the molecule is COc1ccc(S(=O)(=O)N(C)CC(=O)NCc2ccc(N3CCCC(C)C3)cc2)cc1. The van der Waals surface area contributed by atoms with Gasteiger partial charge in [0.1, 0.15) is 5.75 Å². The van der Waals surface area contributed by atoms with Crippen molar-refractivity contribution < 1.29 is 17.9 Å². The molecule has 31 heavy (non-hydrogen) atoms. The fourth-order valence-electron chi connectivity index (χ4n) is 3.72. The van der Waals surface area contributed by atoms with Crippen LogP contribution in [0, 0.1) is 5.92 Å². The highest BCUT2D eigenvalue weighted by Gasteiger charge is 2.23. The molecule has 0 radical (unpaired) electrons. The molecule has 0 spiro atoms. The first-order valence-corrected chi connectivity index (χ1v) is 11.9. The van der Waals surface area contributed by atoms with Crippen molar-refractivity contribution in [2.45, 2.75) is 31.2 Å². The molecule has 0 bridgehead atoms. The van der Waals surface area contributed by atoms with E-state index in [1.165, 1.54) is 44.8 Å². The molecule has 1 aliphatic rings. The van der Waals surface area contributed by atoms with Crippen LogP contribution in [-0.4, -0.2) is 52.4 Å². The van der Waals surface area contributed by atoms with Crippen LogP contribution >= 0.6 is 0 Å². The standard InChI is InChI=1S/C23H31N3O4S/c1-18-5-4-14-26(16-18)20-8-6-19(7-9-20)15-24-23(27)17-25(2)31(28,29)22-12-10-21(30-3)11-13-22/h6-13,18H,4-5,14-17H2,1-3H3,(H,24,27). The molecule has 2 aromatic carbocycles. The second kappa shape index (κ2) is 10.2. The van der Waals surface area contributed by atoms with Gasteiger partial charge in [-0.15, -0.1) is 0 Å². The Hall–Kier alpha value is -2.58. The van der Waals surface area contributed by atoms with Gasteiger partial charge in [-0.1, -0.05) is 19.1 Å². The lowest BCUT2D eigenvalue weighted by Gasteiger charge is -2.32. The Morgan fingerprint density at radius 2 is 1.84 bits per heavy atom. The van der Waals surface area contributed by atoms with Gasteiger partial charge in [-0.05, 0) is 60.7 Å². The van der Waals surface area contributed by atoms with Gasteiger partial charge >= 0.3 is 0 Å². The summed E-state index contributed by atoms with van der Waals surface area (Å²) in [5.74, 6) is 0.924. The molecule has 8 heteroatoms. The van der Waals surface area contributed by atoms with Crippen LogP contribution in [0.15, 0.2) is 53.4 Å². The third-order valence-corrected chi connectivity index (χ3v) is 7.40. The molecule has 1 N–H and O–H groups in total. The average Bonchev–Trinajstić information content (AvgIpc) is 2.78. The Bertz CT molecular complexity index is 975. The Kier molecular flexibility index (Phi) is 7.56. The zero-order chi connectivity index (χ0) is 22.4. The van der Waals surface area contributed by atoms with E-state index in [0.29, 0.717) is 18.2 Å². The first-order chi connectivity index (χ1) is 14.8. The largest absolute Gasteiger partial charge is 0.497 e. The highest BCUT2D eigenvalue weighted by atomic mass is 32.2. The molecule has 0 aromatic heterocycles. The lowest BCUT2D eigenvalue weighted by Crippen LogP contribution is -2.38. The summed E-state index contributed by atoms with van der Waals surface area (Å²) in [4.78, 5) is 14.8. The molecule has 1 unspecified atom stereocenters. The summed E-state index contributed by atoms with van der Waals surface area (Å²) in [5, 5.41) is 2.80. The van der Waals surface area contributed by atoms with E-state index in [4.69, 9.17) is 4.74 Å². The van der Waals surface area contributed by atoms with Gasteiger partial charge in [-0.2, -0.15) is 4.31 Å². The Labute approximate surface area is 185 Å². The molecule has 7 nitrogen and oxygen atoms in total. The van der Waals surface area contributed by atoms with E-state index in [0.717, 1.165) is 23.0 Å². The molecule has 1 aliphatic heterocycles. The zero-order valence-corrected chi connectivity index (χ0v) is 19.2. The Morgan fingerprint density at radius 3 is 2.45 bits per heavy atom. The van der Waals surface area contributed by atoms with Crippen molar-refractivity contribution in [2.24, 2.45) is 5.92 Å². The van der Waals surface area contributed by atoms with Crippen LogP contribution in [0.4, 0.5) is 5.69 Å². The van der Waals surface area contributed by atoms with Gasteiger partial charge in [0.2, 0.25) is 15.9 Å². The molecule has 0 aliphatic carbocycles. The third kappa shape index (κ3) is 5.98. The molecule has 1 heterocycles. The number of amides is 1. The number of carbonyl (C=O) groups is 1. The van der Waals surface area contributed by atoms with E-state index in [2.05, 4.69) is 29.3 Å². The molecule has 1 amide bonds. The van der Waals surface area contributed by atoms with Crippen molar-refractivity contribution in [1.29, 1.82) is 0 Å². The van der Waals surface area contributed by atoms with E-state index in [-0.39, 0.29) is 17.3 Å². The van der Waals surface area contributed by atoms with E-state index >= 15 is 0 Å². The number of benzene rings is 2. The third-order valence-electron chi connectivity index (χ3n) is 5.58. The number of nitrogens with one attached hydrogen (secondary N) is 1. The number of sulfonamides is 1. The minimum Gasteiger partial charge on any atom is -0.497 e. The number of piperidine rings is 1. The summed E-state index contributed by atoms with van der Waals surface area (Å²) >= 11 is 0. The molecule has 1 fully saturated rings. The minimum absolute atomic E-state index is 0.117. The van der Waals surface area contributed by atoms with Crippen molar-refractivity contribution in [2.75, 3.05) is 38.7 Å². The lowest BCUT2D eigenvalue weighted by atomic mass is 9.99. The van der Waals surface area contributed by atoms with E-state index in [9.17, 15) is 13.2 Å². The first-order valence-electron chi connectivity index (χ1n) is 10.5. The van der Waals surface area contributed by atoms with Crippen molar-refractivity contribution >= 4 is 21.6 Å². The van der Waals surface area contributed by atoms with Gasteiger partial charge in [0.15, 0.2) is 0 Å². The monoisotopic (exact) mass is 445 g/mol. The Balaban J connectivity index is 1.52. The second-order valence-corrected chi connectivity index (χ2v) is 10.1. The van der Waals surface area contributed by atoms with Crippen molar-refractivity contribution in [1.82, 2.24) is 9.62 Å². The molecular formula is C23H31N3O4S. The number of hydrogen-bond donors (Lipinski definition) is 1. The summed E-state index contributed by atoms with van der Waals surface area (Å²) < 4.78 is 31.4. The van der Waals surface area contributed by atoms with Crippen LogP contribution in [-0.2, 0) is 21.4 Å². The summed E-state index contributed by atoms with van der Waals surface area (Å²) in [6, 6.07) is 14.3. The summed E-state index contributed by atoms with van der Waals surface area (Å²) in [5.41, 5.74) is 2.18. The van der Waals surface area contributed by atoms with Crippen molar-refractivity contribution in [3.63, 3.8) is 0 Å². The first kappa shape index (κ1) is 23.1. The maximum Gasteiger partial charge on any atom is 0.243 e. The van der Waals surface area contributed by atoms with Gasteiger partial charge in [-0.25, -0.2) is 8.42 Å². The maximum absolute atomic E-state index is 12.7. The van der Waals surface area contributed by atoms with Gasteiger partial charge in [0.25, 0.3) is 0 Å². The summed E-state index contributed by atoms with van der Waals surface area (Å²) in [6.45, 7) is 4.53. The number of hydrogen-bond acceptors (Lipinski definition) is 5. The van der Waals surface area contributed by atoms with E-state index < -0.39 is 10.0 Å². The van der Waals surface area contributed by atoms with Gasteiger partial charge in [-0.3, -0.25) is 4.79 Å². The molecule has 0 saturated carbocycles. The highest BCUT2D eigenvalue weighted by Crippen LogP contribution is 2.23. The lowest BCUT2D eigenvalue weighted by molar-refractivity contribution is -0.121. The van der Waals surface area contributed by atoms with Crippen LogP contribution in [0.3, 0.4) is 0 Å². The summed E-state index contributed by atoms with van der Waals surface area (Å²) in [6.07, 6.45) is 2.50.